The maximum Gasteiger partial charge on any atom is 0.358 e. The van der Waals surface area contributed by atoms with Crippen molar-refractivity contribution < 1.29 is 23.9 Å². The number of carboxylic acid groups (broad SMARTS) is 1. The van der Waals surface area contributed by atoms with E-state index >= 15 is 0 Å². The molecular weight excluding hydrogens is 354 g/mol. The number of benzene rings is 1. The van der Waals surface area contributed by atoms with Gasteiger partial charge in [0, 0.05) is 21.5 Å². The molecule has 0 spiro atoms. The zero-order valence-corrected chi connectivity index (χ0v) is 13.6. The average Bonchev–Trinajstić information content (AvgIpc) is 2.88. The van der Waals surface area contributed by atoms with Crippen LogP contribution in [0.1, 0.15) is 24.3 Å². The van der Waals surface area contributed by atoms with E-state index in [0.29, 0.717) is 40.5 Å². The number of aromatic nitrogens is 1. The Hall–Kier alpha value is -2.02. The minimum atomic E-state index is -1.14. The quantitative estimate of drug-likeness (QED) is 0.872. The van der Waals surface area contributed by atoms with E-state index in [0.717, 1.165) is 0 Å². The van der Waals surface area contributed by atoms with Gasteiger partial charge in [0.05, 0.1) is 13.2 Å². The van der Waals surface area contributed by atoms with Crippen molar-refractivity contribution >= 4 is 21.9 Å². The summed E-state index contributed by atoms with van der Waals surface area (Å²) in [6, 6.07) is 4.91. The molecule has 0 bridgehead atoms. The smallest absolute Gasteiger partial charge is 0.358 e. The second-order valence-corrected chi connectivity index (χ2v) is 6.76. The summed E-state index contributed by atoms with van der Waals surface area (Å²) in [6.45, 7) is 5.20. The first-order valence-electron chi connectivity index (χ1n) is 6.65. The zero-order valence-electron chi connectivity index (χ0n) is 12.1. The van der Waals surface area contributed by atoms with Crippen molar-refractivity contribution in [1.82, 2.24) is 5.16 Å². The van der Waals surface area contributed by atoms with Gasteiger partial charge in [-0.1, -0.05) is 19.0 Å². The molecule has 22 heavy (non-hydrogen) atoms. The Morgan fingerprint density at radius 1 is 1.23 bits per heavy atom. The second kappa shape index (κ2) is 5.31. The van der Waals surface area contributed by atoms with Crippen LogP contribution in [-0.4, -0.2) is 29.4 Å². The van der Waals surface area contributed by atoms with Crippen LogP contribution in [0.5, 0.6) is 11.5 Å². The van der Waals surface area contributed by atoms with Crippen LogP contribution in [0, 0.1) is 5.41 Å². The summed E-state index contributed by atoms with van der Waals surface area (Å²) >= 11 is 3.44. The number of fused-ring (bicyclic) bond motifs is 1. The van der Waals surface area contributed by atoms with Crippen LogP contribution in [0.25, 0.3) is 11.3 Å². The van der Waals surface area contributed by atoms with Crippen molar-refractivity contribution in [3.8, 4) is 22.8 Å². The van der Waals surface area contributed by atoms with Gasteiger partial charge < -0.3 is 19.1 Å². The van der Waals surface area contributed by atoms with Crippen LogP contribution in [0.2, 0.25) is 0 Å². The minimum Gasteiger partial charge on any atom is -0.489 e. The van der Waals surface area contributed by atoms with Crippen molar-refractivity contribution in [3.63, 3.8) is 0 Å². The lowest BCUT2D eigenvalue weighted by atomic mass is 9.97. The van der Waals surface area contributed by atoms with Gasteiger partial charge in [-0.2, -0.15) is 0 Å². The van der Waals surface area contributed by atoms with Crippen molar-refractivity contribution in [2.75, 3.05) is 13.2 Å². The molecule has 0 fully saturated rings. The molecule has 2 heterocycles. The summed E-state index contributed by atoms with van der Waals surface area (Å²) in [6.07, 6.45) is 0. The van der Waals surface area contributed by atoms with Crippen LogP contribution < -0.4 is 9.47 Å². The van der Waals surface area contributed by atoms with Crippen molar-refractivity contribution in [3.05, 3.63) is 28.4 Å². The molecule has 0 aliphatic carbocycles. The Balaban J connectivity index is 2.00. The first-order valence-corrected chi connectivity index (χ1v) is 7.44. The van der Waals surface area contributed by atoms with Gasteiger partial charge in [0.2, 0.25) is 0 Å². The van der Waals surface area contributed by atoms with Gasteiger partial charge >= 0.3 is 5.97 Å². The average molecular weight is 368 g/mol. The molecule has 2 aromatic rings. The fourth-order valence-electron chi connectivity index (χ4n) is 2.04. The van der Waals surface area contributed by atoms with Crippen molar-refractivity contribution in [2.45, 2.75) is 13.8 Å². The molecule has 3 rings (SSSR count). The number of carboxylic acids is 1. The number of hydrogen-bond acceptors (Lipinski definition) is 5. The number of halogens is 1. The fraction of sp³-hybridized carbons (Fsp3) is 0.333. The van der Waals surface area contributed by atoms with Gasteiger partial charge in [0.15, 0.2) is 23.0 Å². The summed E-state index contributed by atoms with van der Waals surface area (Å²) in [5, 5.41) is 12.4. The Bertz CT molecular complexity index is 738. The molecular formula is C15H14BrNO5. The summed E-state index contributed by atoms with van der Waals surface area (Å²) in [7, 11) is 0. The molecule has 116 valence electrons. The molecule has 0 saturated carbocycles. The van der Waals surface area contributed by atoms with E-state index in [1.165, 1.54) is 6.07 Å². The highest BCUT2D eigenvalue weighted by atomic mass is 79.9. The summed E-state index contributed by atoms with van der Waals surface area (Å²) in [5.74, 6) is 0.442. The first-order chi connectivity index (χ1) is 10.4. The topological polar surface area (TPSA) is 81.8 Å². The lowest BCUT2D eigenvalue weighted by Crippen LogP contribution is -2.26. The van der Waals surface area contributed by atoms with Gasteiger partial charge in [-0.25, -0.2) is 4.79 Å². The van der Waals surface area contributed by atoms with Gasteiger partial charge in [-0.05, 0) is 28.1 Å². The van der Waals surface area contributed by atoms with E-state index in [9.17, 15) is 4.79 Å². The molecule has 0 saturated heterocycles. The zero-order chi connectivity index (χ0) is 15.9. The fourth-order valence-corrected chi connectivity index (χ4v) is 2.56. The van der Waals surface area contributed by atoms with E-state index < -0.39 is 5.97 Å². The van der Waals surface area contributed by atoms with E-state index in [1.807, 2.05) is 0 Å². The molecule has 6 nitrogen and oxygen atoms in total. The van der Waals surface area contributed by atoms with E-state index in [4.69, 9.17) is 19.1 Å². The molecule has 7 heteroatoms. The number of nitrogens with zero attached hydrogens (tertiary/aromatic N) is 1. The van der Waals surface area contributed by atoms with Gasteiger partial charge in [0.25, 0.3) is 0 Å². The lowest BCUT2D eigenvalue weighted by molar-refractivity contribution is 0.0686. The van der Waals surface area contributed by atoms with Crippen LogP contribution in [0.15, 0.2) is 27.2 Å². The molecule has 0 atom stereocenters. The maximum absolute atomic E-state index is 10.9. The van der Waals surface area contributed by atoms with Crippen LogP contribution in [-0.2, 0) is 0 Å². The SMILES string of the molecule is CC1(C)COc2cc(Br)c(-c3cc(C(=O)O)no3)cc2OC1. The van der Waals surface area contributed by atoms with Gasteiger partial charge in [0.1, 0.15) is 0 Å². The van der Waals surface area contributed by atoms with E-state index in [-0.39, 0.29) is 11.1 Å². The number of carbonyl (C=O) groups is 1. The van der Waals surface area contributed by atoms with Crippen LogP contribution >= 0.6 is 15.9 Å². The number of ether oxygens (including phenoxy) is 2. The molecule has 1 aliphatic rings. The van der Waals surface area contributed by atoms with Crippen LogP contribution in [0.4, 0.5) is 0 Å². The number of rotatable bonds is 2. The minimum absolute atomic E-state index is 0.0889. The molecule has 0 amide bonds. The normalized spacial score (nSPS) is 16.1. The summed E-state index contributed by atoms with van der Waals surface area (Å²) < 4.78 is 17.4. The summed E-state index contributed by atoms with van der Waals surface area (Å²) in [5.41, 5.74) is 0.422. The van der Waals surface area contributed by atoms with Gasteiger partial charge in [-0.15, -0.1) is 0 Å². The second-order valence-electron chi connectivity index (χ2n) is 5.90. The lowest BCUT2D eigenvalue weighted by Gasteiger charge is -2.19. The molecule has 1 aromatic carbocycles. The number of aromatic carboxylic acids is 1. The molecule has 0 radical (unpaired) electrons. The van der Waals surface area contributed by atoms with Crippen molar-refractivity contribution in [1.29, 1.82) is 0 Å². The monoisotopic (exact) mass is 367 g/mol. The summed E-state index contributed by atoms with van der Waals surface area (Å²) in [4.78, 5) is 10.9. The third-order valence-electron chi connectivity index (χ3n) is 3.26. The van der Waals surface area contributed by atoms with Crippen LogP contribution in [0.3, 0.4) is 0 Å². The molecule has 0 unspecified atom stereocenters. The Morgan fingerprint density at radius 2 is 1.86 bits per heavy atom. The van der Waals surface area contributed by atoms with Gasteiger partial charge in [-0.3, -0.25) is 0 Å². The molecule has 1 aliphatic heterocycles. The highest BCUT2D eigenvalue weighted by Gasteiger charge is 2.26. The highest BCUT2D eigenvalue weighted by molar-refractivity contribution is 9.10. The standard InChI is InChI=1S/C15H14BrNO5/c1-15(2)6-20-12-3-8(9(16)4-13(12)21-7-15)11-5-10(14(18)19)17-22-11/h3-5H,6-7H2,1-2H3,(H,18,19). The molecule has 1 aromatic heterocycles. The first kappa shape index (κ1) is 14.9. The highest BCUT2D eigenvalue weighted by Crippen LogP contribution is 2.41. The number of hydrogen-bond donors (Lipinski definition) is 1. The Morgan fingerprint density at radius 3 is 2.45 bits per heavy atom. The Labute approximate surface area is 135 Å². The third-order valence-corrected chi connectivity index (χ3v) is 3.92. The maximum atomic E-state index is 10.9. The van der Waals surface area contributed by atoms with E-state index in [2.05, 4.69) is 34.9 Å². The Kier molecular flexibility index (Phi) is 3.60. The van der Waals surface area contributed by atoms with E-state index in [1.54, 1.807) is 12.1 Å². The third kappa shape index (κ3) is 2.81. The predicted molar refractivity (Wildman–Crippen MR) is 81.4 cm³/mol. The molecule has 1 N–H and O–H groups in total. The predicted octanol–water partition coefficient (Wildman–Crippen LogP) is 3.60. The van der Waals surface area contributed by atoms with Crippen molar-refractivity contribution in [2.24, 2.45) is 5.41 Å². The largest absolute Gasteiger partial charge is 0.489 e.